The Hall–Kier alpha value is -2.27. The largest absolute Gasteiger partial charge is 0.393 e. The van der Waals surface area contributed by atoms with Crippen LogP contribution in [-0.4, -0.2) is 40.1 Å². The second kappa shape index (κ2) is 7.53. The van der Waals surface area contributed by atoms with Crippen LogP contribution in [0.4, 0.5) is 4.39 Å². The number of halogens is 1. The minimum absolute atomic E-state index is 0.0577. The monoisotopic (exact) mass is 328 g/mol. The second-order valence-corrected chi connectivity index (χ2v) is 6.27. The minimum Gasteiger partial charge on any atom is -0.393 e. The molecule has 3 rings (SSSR count). The maximum atomic E-state index is 13.3. The number of benzene rings is 1. The lowest BCUT2D eigenvalue weighted by atomic mass is 10.0. The molecule has 0 spiro atoms. The molecule has 1 saturated heterocycles. The molecule has 1 aromatic heterocycles. The van der Waals surface area contributed by atoms with E-state index in [2.05, 4.69) is 4.98 Å². The highest BCUT2D eigenvalue weighted by atomic mass is 19.1. The van der Waals surface area contributed by atoms with Crippen molar-refractivity contribution in [3.05, 3.63) is 65.2 Å². The molecule has 1 fully saturated rings. The quantitative estimate of drug-likeness (QED) is 0.943. The maximum Gasteiger partial charge on any atom is 0.255 e. The first kappa shape index (κ1) is 16.6. The van der Waals surface area contributed by atoms with E-state index in [1.54, 1.807) is 23.4 Å². The summed E-state index contributed by atoms with van der Waals surface area (Å²) in [6.07, 6.45) is 5.64. The van der Waals surface area contributed by atoms with Gasteiger partial charge in [0.2, 0.25) is 0 Å². The summed E-state index contributed by atoms with van der Waals surface area (Å²) in [5.41, 5.74) is 2.26. The molecule has 0 unspecified atom stereocenters. The lowest BCUT2D eigenvalue weighted by molar-refractivity contribution is 0.0752. The fraction of sp³-hybridized carbons (Fsp3) is 0.368. The minimum atomic E-state index is -0.319. The summed E-state index contributed by atoms with van der Waals surface area (Å²) in [7, 11) is 0. The third-order valence-corrected chi connectivity index (χ3v) is 4.32. The number of carbonyl (C=O) groups is 1. The predicted molar refractivity (Wildman–Crippen MR) is 89.2 cm³/mol. The molecule has 0 bridgehead atoms. The predicted octanol–water partition coefficient (Wildman–Crippen LogP) is 2.80. The number of rotatable bonds is 3. The molecule has 2 heterocycles. The molecule has 1 aliphatic heterocycles. The molecule has 0 aliphatic carbocycles. The van der Waals surface area contributed by atoms with E-state index in [1.165, 1.54) is 12.1 Å². The summed E-state index contributed by atoms with van der Waals surface area (Å²) in [6.45, 7) is 1.22. The zero-order valence-corrected chi connectivity index (χ0v) is 13.5. The standard InChI is InChI=1S/C19H21FN2O2/c20-17-4-1-3-14(11-17)9-15-10-16(13-21-12-15)19(24)22-7-2-5-18(23)6-8-22/h1,3-4,10-13,18,23H,2,5-9H2/t18-/m0/s1. The molecule has 1 aromatic carbocycles. The lowest BCUT2D eigenvalue weighted by Crippen LogP contribution is -2.32. The van der Waals surface area contributed by atoms with Gasteiger partial charge in [0, 0.05) is 25.5 Å². The van der Waals surface area contributed by atoms with Gasteiger partial charge in [-0.2, -0.15) is 0 Å². The number of aromatic nitrogens is 1. The Morgan fingerprint density at radius 3 is 2.92 bits per heavy atom. The summed E-state index contributed by atoms with van der Waals surface area (Å²) in [4.78, 5) is 18.6. The van der Waals surface area contributed by atoms with Crippen LogP contribution in [0.25, 0.3) is 0 Å². The Morgan fingerprint density at radius 1 is 1.21 bits per heavy atom. The molecule has 5 heteroatoms. The van der Waals surface area contributed by atoms with Crippen molar-refractivity contribution in [2.75, 3.05) is 13.1 Å². The molecular formula is C19H21FN2O2. The molecule has 0 radical (unpaired) electrons. The zero-order chi connectivity index (χ0) is 16.9. The fourth-order valence-electron chi connectivity index (χ4n) is 3.05. The van der Waals surface area contributed by atoms with E-state index in [0.717, 1.165) is 24.0 Å². The van der Waals surface area contributed by atoms with Crippen molar-refractivity contribution in [2.24, 2.45) is 0 Å². The molecule has 1 N–H and O–H groups in total. The maximum absolute atomic E-state index is 13.3. The number of nitrogens with zero attached hydrogens (tertiary/aromatic N) is 2. The van der Waals surface area contributed by atoms with E-state index in [0.29, 0.717) is 31.5 Å². The van der Waals surface area contributed by atoms with Crippen LogP contribution in [0.5, 0.6) is 0 Å². The number of amides is 1. The first-order valence-electron chi connectivity index (χ1n) is 8.27. The Labute approximate surface area is 141 Å². The third kappa shape index (κ3) is 4.17. The number of carbonyl (C=O) groups excluding carboxylic acids is 1. The number of hydrogen-bond acceptors (Lipinski definition) is 3. The van der Waals surface area contributed by atoms with Crippen molar-refractivity contribution in [3.63, 3.8) is 0 Å². The van der Waals surface area contributed by atoms with Crippen LogP contribution < -0.4 is 0 Å². The van der Waals surface area contributed by atoms with Gasteiger partial charge in [0.05, 0.1) is 11.7 Å². The lowest BCUT2D eigenvalue weighted by Gasteiger charge is -2.20. The second-order valence-electron chi connectivity index (χ2n) is 6.27. The molecular weight excluding hydrogens is 307 g/mol. The van der Waals surface area contributed by atoms with Crippen molar-refractivity contribution >= 4 is 5.91 Å². The molecule has 0 saturated carbocycles. The van der Waals surface area contributed by atoms with Crippen molar-refractivity contribution in [3.8, 4) is 0 Å². The van der Waals surface area contributed by atoms with Crippen LogP contribution in [-0.2, 0) is 6.42 Å². The van der Waals surface area contributed by atoms with Gasteiger partial charge in [-0.3, -0.25) is 9.78 Å². The number of likely N-dealkylation sites (tertiary alicyclic amines) is 1. The van der Waals surface area contributed by atoms with Crippen LogP contribution in [0.2, 0.25) is 0 Å². The van der Waals surface area contributed by atoms with Crippen LogP contribution >= 0.6 is 0 Å². The molecule has 126 valence electrons. The SMILES string of the molecule is O=C(c1cncc(Cc2cccc(F)c2)c1)N1CCC[C@H](O)CC1. The van der Waals surface area contributed by atoms with Gasteiger partial charge in [0.25, 0.3) is 5.91 Å². The number of aliphatic hydroxyl groups excluding tert-OH is 1. The molecule has 1 amide bonds. The van der Waals surface area contributed by atoms with Crippen LogP contribution in [0.15, 0.2) is 42.7 Å². The van der Waals surface area contributed by atoms with Crippen LogP contribution in [0, 0.1) is 5.82 Å². The van der Waals surface area contributed by atoms with Gasteiger partial charge in [-0.05, 0) is 55.0 Å². The van der Waals surface area contributed by atoms with Gasteiger partial charge in [-0.25, -0.2) is 4.39 Å². The summed E-state index contributed by atoms with van der Waals surface area (Å²) in [5, 5.41) is 9.71. The molecule has 1 atom stereocenters. The Bertz CT molecular complexity index is 720. The van der Waals surface area contributed by atoms with Gasteiger partial charge in [0.15, 0.2) is 0 Å². The van der Waals surface area contributed by atoms with Crippen LogP contribution in [0.1, 0.15) is 40.7 Å². The highest BCUT2D eigenvalue weighted by molar-refractivity contribution is 5.94. The van der Waals surface area contributed by atoms with Crippen LogP contribution in [0.3, 0.4) is 0 Å². The van der Waals surface area contributed by atoms with Gasteiger partial charge < -0.3 is 10.0 Å². The molecule has 4 nitrogen and oxygen atoms in total. The Kier molecular flexibility index (Phi) is 5.20. The van der Waals surface area contributed by atoms with E-state index in [1.807, 2.05) is 12.1 Å². The average molecular weight is 328 g/mol. The molecule has 2 aromatic rings. The molecule has 24 heavy (non-hydrogen) atoms. The average Bonchev–Trinajstić information content (AvgIpc) is 2.79. The highest BCUT2D eigenvalue weighted by Crippen LogP contribution is 2.16. The van der Waals surface area contributed by atoms with Gasteiger partial charge in [0.1, 0.15) is 5.82 Å². The number of hydrogen-bond donors (Lipinski definition) is 1. The van der Waals surface area contributed by atoms with E-state index < -0.39 is 0 Å². The first-order chi connectivity index (χ1) is 11.6. The van der Waals surface area contributed by atoms with Crippen molar-refractivity contribution in [1.29, 1.82) is 0 Å². The number of aliphatic hydroxyl groups is 1. The van der Waals surface area contributed by atoms with E-state index >= 15 is 0 Å². The summed E-state index contributed by atoms with van der Waals surface area (Å²) in [6, 6.07) is 8.26. The summed E-state index contributed by atoms with van der Waals surface area (Å²) >= 11 is 0. The van der Waals surface area contributed by atoms with E-state index in [-0.39, 0.29) is 17.8 Å². The van der Waals surface area contributed by atoms with Gasteiger partial charge in [-0.1, -0.05) is 12.1 Å². The third-order valence-electron chi connectivity index (χ3n) is 4.32. The first-order valence-corrected chi connectivity index (χ1v) is 8.27. The summed E-state index contributed by atoms with van der Waals surface area (Å²) in [5.74, 6) is -0.325. The van der Waals surface area contributed by atoms with E-state index in [9.17, 15) is 14.3 Å². The Balaban J connectivity index is 1.73. The molecule has 1 aliphatic rings. The fourth-order valence-corrected chi connectivity index (χ4v) is 3.05. The topological polar surface area (TPSA) is 53.4 Å². The van der Waals surface area contributed by atoms with Crippen molar-refractivity contribution < 1.29 is 14.3 Å². The zero-order valence-electron chi connectivity index (χ0n) is 13.5. The smallest absolute Gasteiger partial charge is 0.255 e. The van der Waals surface area contributed by atoms with E-state index in [4.69, 9.17) is 0 Å². The Morgan fingerprint density at radius 2 is 2.08 bits per heavy atom. The van der Waals surface area contributed by atoms with Gasteiger partial charge >= 0.3 is 0 Å². The normalized spacial score (nSPS) is 18.2. The number of pyridine rings is 1. The van der Waals surface area contributed by atoms with Crippen molar-refractivity contribution in [2.45, 2.75) is 31.8 Å². The van der Waals surface area contributed by atoms with Gasteiger partial charge in [-0.15, -0.1) is 0 Å². The highest BCUT2D eigenvalue weighted by Gasteiger charge is 2.20. The van der Waals surface area contributed by atoms with Crippen molar-refractivity contribution in [1.82, 2.24) is 9.88 Å². The summed E-state index contributed by atoms with van der Waals surface area (Å²) < 4.78 is 13.3.